The Morgan fingerprint density at radius 2 is 1.88 bits per heavy atom. The Balaban J connectivity index is 0.00000324. The van der Waals surface area contributed by atoms with Crippen molar-refractivity contribution < 1.29 is 62.1 Å². The summed E-state index contributed by atoms with van der Waals surface area (Å²) in [4.78, 5) is 24.6. The molecule has 0 atom stereocenters. The molecule has 0 aliphatic rings. The van der Waals surface area contributed by atoms with Crippen LogP contribution >= 0.6 is 11.6 Å². The normalized spacial score (nSPS) is 11.4. The van der Waals surface area contributed by atoms with Crippen molar-refractivity contribution in [3.63, 3.8) is 0 Å². The standard InChI is InChI=1S/C20H12ClF3N4O5.Na/c21-14-9-27(6-5-17(29)30)15-3-1-10(7-12(14)15)18-25-19(33-26-18)11-2-4-16(28(31)32)13(8-11)20(22,23)24;/h1-4,7-9H,5-6H2,(H,29,30);/q;+1/p-1. The number of nitro benzene ring substituents is 1. The maximum absolute atomic E-state index is 13.2. The van der Waals surface area contributed by atoms with Crippen molar-refractivity contribution in [2.45, 2.75) is 19.1 Å². The van der Waals surface area contributed by atoms with E-state index in [1.165, 1.54) is 0 Å². The zero-order chi connectivity index (χ0) is 23.9. The van der Waals surface area contributed by atoms with Gasteiger partial charge in [0.05, 0.1) is 9.95 Å². The molecule has 2 heterocycles. The van der Waals surface area contributed by atoms with Gasteiger partial charge in [-0.2, -0.15) is 18.2 Å². The second-order valence-corrected chi connectivity index (χ2v) is 7.34. The number of rotatable bonds is 6. The molecule has 0 aliphatic heterocycles. The van der Waals surface area contributed by atoms with Gasteiger partial charge in [0.25, 0.3) is 11.6 Å². The van der Waals surface area contributed by atoms with Crippen LogP contribution in [-0.4, -0.2) is 25.6 Å². The van der Waals surface area contributed by atoms with Crippen LogP contribution in [-0.2, 0) is 17.5 Å². The number of aromatic nitrogens is 3. The summed E-state index contributed by atoms with van der Waals surface area (Å²) in [5.74, 6) is -1.41. The molecule has 0 aliphatic carbocycles. The summed E-state index contributed by atoms with van der Waals surface area (Å²) in [6.07, 6.45) is -3.59. The molecule has 0 unspecified atom stereocenters. The number of carboxylic acids is 1. The molecule has 0 bridgehead atoms. The number of fused-ring (bicyclic) bond motifs is 1. The first-order chi connectivity index (χ1) is 15.5. The number of nitrogens with zero attached hydrogens (tertiary/aromatic N) is 4. The van der Waals surface area contributed by atoms with Crippen LogP contribution in [0.1, 0.15) is 12.0 Å². The van der Waals surface area contributed by atoms with Gasteiger partial charge in [-0.15, -0.1) is 0 Å². The SMILES string of the molecule is O=C([O-])CCn1cc(Cl)c2cc(-c3noc(-c4ccc([N+](=O)[O-])c(C(F)(F)F)c4)n3)ccc21.[Na+]. The molecule has 0 amide bonds. The Morgan fingerprint density at radius 1 is 1.18 bits per heavy atom. The van der Waals surface area contributed by atoms with E-state index in [9.17, 15) is 33.2 Å². The van der Waals surface area contributed by atoms with Crippen LogP contribution < -0.4 is 34.7 Å². The van der Waals surface area contributed by atoms with Gasteiger partial charge in [-0.3, -0.25) is 10.1 Å². The van der Waals surface area contributed by atoms with Crippen LogP contribution in [0.4, 0.5) is 18.9 Å². The average molecular weight is 503 g/mol. The van der Waals surface area contributed by atoms with Crippen molar-refractivity contribution in [1.82, 2.24) is 14.7 Å². The van der Waals surface area contributed by atoms with Crippen molar-refractivity contribution in [2.24, 2.45) is 0 Å². The van der Waals surface area contributed by atoms with Crippen molar-refractivity contribution in [2.75, 3.05) is 0 Å². The van der Waals surface area contributed by atoms with E-state index >= 15 is 0 Å². The van der Waals surface area contributed by atoms with Gasteiger partial charge >= 0.3 is 35.7 Å². The molecule has 9 nitrogen and oxygen atoms in total. The molecule has 0 spiro atoms. The minimum atomic E-state index is -4.95. The van der Waals surface area contributed by atoms with E-state index in [0.717, 1.165) is 12.1 Å². The summed E-state index contributed by atoms with van der Waals surface area (Å²) in [6, 6.07) is 7.28. The summed E-state index contributed by atoms with van der Waals surface area (Å²) >= 11 is 6.24. The Labute approximate surface area is 215 Å². The molecule has 0 fully saturated rings. The van der Waals surface area contributed by atoms with E-state index in [4.69, 9.17) is 16.1 Å². The number of nitro groups is 1. The molecule has 34 heavy (non-hydrogen) atoms. The third kappa shape index (κ3) is 5.09. The van der Waals surface area contributed by atoms with Gasteiger partial charge in [0, 0.05) is 53.2 Å². The number of benzene rings is 2. The largest absolute Gasteiger partial charge is 1.00 e. The number of alkyl halides is 3. The molecule has 0 saturated heterocycles. The van der Waals surface area contributed by atoms with Gasteiger partial charge in [-0.25, -0.2) is 0 Å². The van der Waals surface area contributed by atoms with Crippen LogP contribution in [0.2, 0.25) is 5.02 Å². The molecule has 0 N–H and O–H groups in total. The molecule has 170 valence electrons. The van der Waals surface area contributed by atoms with E-state index in [-0.39, 0.29) is 59.8 Å². The molecule has 2 aromatic carbocycles. The summed E-state index contributed by atoms with van der Waals surface area (Å²) in [6.45, 7) is 0.152. The fourth-order valence-corrected chi connectivity index (χ4v) is 3.57. The average Bonchev–Trinajstić information content (AvgIpc) is 3.36. The minimum absolute atomic E-state index is 0. The number of aryl methyl sites for hydroxylation is 1. The van der Waals surface area contributed by atoms with Gasteiger partial charge in [0.15, 0.2) is 0 Å². The second kappa shape index (κ2) is 9.74. The predicted octanol–water partition coefficient (Wildman–Crippen LogP) is 1.08. The maximum Gasteiger partial charge on any atom is 1.00 e. The zero-order valence-corrected chi connectivity index (χ0v) is 20.1. The monoisotopic (exact) mass is 502 g/mol. The fourth-order valence-electron chi connectivity index (χ4n) is 3.30. The van der Waals surface area contributed by atoms with Crippen LogP contribution in [0.25, 0.3) is 33.7 Å². The van der Waals surface area contributed by atoms with E-state index < -0.39 is 28.3 Å². The van der Waals surface area contributed by atoms with Crippen molar-refractivity contribution in [1.29, 1.82) is 0 Å². The first-order valence-corrected chi connectivity index (χ1v) is 9.60. The van der Waals surface area contributed by atoms with Gasteiger partial charge in [-0.05, 0) is 30.3 Å². The van der Waals surface area contributed by atoms with E-state index in [0.29, 0.717) is 27.6 Å². The van der Waals surface area contributed by atoms with Crippen LogP contribution in [0.3, 0.4) is 0 Å². The van der Waals surface area contributed by atoms with E-state index in [2.05, 4.69) is 10.1 Å². The predicted molar refractivity (Wildman–Crippen MR) is 107 cm³/mol. The van der Waals surface area contributed by atoms with Crippen molar-refractivity contribution >= 4 is 34.2 Å². The van der Waals surface area contributed by atoms with Crippen LogP contribution in [0.5, 0.6) is 0 Å². The van der Waals surface area contributed by atoms with Crippen LogP contribution in [0, 0.1) is 10.1 Å². The molecular weight excluding hydrogens is 492 g/mol. The molecule has 14 heteroatoms. The second-order valence-electron chi connectivity index (χ2n) is 6.93. The summed E-state index contributed by atoms with van der Waals surface area (Å²) in [7, 11) is 0. The molecule has 2 aromatic heterocycles. The van der Waals surface area contributed by atoms with Gasteiger partial charge < -0.3 is 19.0 Å². The van der Waals surface area contributed by atoms with Crippen LogP contribution in [0.15, 0.2) is 47.1 Å². The maximum atomic E-state index is 13.2. The third-order valence-corrected chi connectivity index (χ3v) is 5.12. The van der Waals surface area contributed by atoms with E-state index in [1.807, 2.05) is 0 Å². The van der Waals surface area contributed by atoms with Gasteiger partial charge in [-0.1, -0.05) is 16.8 Å². The molecular formula is C20H11ClF3N4NaO5. The fraction of sp³-hybridized carbons (Fsp3) is 0.150. The first-order valence-electron chi connectivity index (χ1n) is 9.23. The van der Waals surface area contributed by atoms with Gasteiger partial charge in [0.1, 0.15) is 5.56 Å². The third-order valence-electron chi connectivity index (χ3n) is 4.82. The summed E-state index contributed by atoms with van der Waals surface area (Å²) in [5, 5.41) is 26.3. The Kier molecular flexibility index (Phi) is 7.36. The molecule has 4 aromatic rings. The quantitative estimate of drug-likeness (QED) is 0.219. The van der Waals surface area contributed by atoms with Gasteiger partial charge in [0.2, 0.25) is 5.82 Å². The Hall–Kier alpha value is -2.93. The first kappa shape index (κ1) is 25.7. The summed E-state index contributed by atoms with van der Waals surface area (Å²) in [5.41, 5.74) is -1.57. The molecule has 4 rings (SSSR count). The Bertz CT molecular complexity index is 1400. The number of halogens is 4. The molecule has 0 radical (unpaired) electrons. The number of carbonyl (C=O) groups excluding carboxylic acids is 1. The number of hydrogen-bond acceptors (Lipinski definition) is 7. The number of carboxylic acid groups (broad SMARTS) is 1. The Morgan fingerprint density at radius 3 is 2.53 bits per heavy atom. The topological polar surface area (TPSA) is 127 Å². The van der Waals surface area contributed by atoms with Crippen molar-refractivity contribution in [3.05, 3.63) is 63.3 Å². The summed E-state index contributed by atoms with van der Waals surface area (Å²) < 4.78 is 46.4. The minimum Gasteiger partial charge on any atom is -0.550 e. The van der Waals surface area contributed by atoms with Crippen molar-refractivity contribution in [3.8, 4) is 22.8 Å². The number of carbonyl (C=O) groups is 1. The zero-order valence-electron chi connectivity index (χ0n) is 17.3. The van der Waals surface area contributed by atoms with E-state index in [1.54, 1.807) is 29.0 Å². The smallest absolute Gasteiger partial charge is 0.550 e. The molecule has 0 saturated carbocycles. The number of aliphatic carboxylic acids is 1. The number of hydrogen-bond donors (Lipinski definition) is 0.